The van der Waals surface area contributed by atoms with Crippen molar-refractivity contribution in [3.8, 4) is 0 Å². The highest BCUT2D eigenvalue weighted by atomic mass is 19.1. The largest absolute Gasteiger partial charge is 0.409 e. The van der Waals surface area contributed by atoms with Crippen LogP contribution in [0.15, 0.2) is 47.8 Å². The smallest absolute Gasteiger partial charge is 0.188 e. The Hall–Kier alpha value is -2.47. The first-order valence-electron chi connectivity index (χ1n) is 6.52. The van der Waals surface area contributed by atoms with Crippen LogP contribution in [0, 0.1) is 5.82 Å². The van der Waals surface area contributed by atoms with Crippen LogP contribution in [0.25, 0.3) is 0 Å². The second-order valence-electron chi connectivity index (χ2n) is 4.69. The lowest BCUT2D eigenvalue weighted by Gasteiger charge is -2.14. The molecule has 5 nitrogen and oxygen atoms in total. The summed E-state index contributed by atoms with van der Waals surface area (Å²) in [7, 11) is 0. The summed E-state index contributed by atoms with van der Waals surface area (Å²) in [4.78, 5) is 4.01. The number of halogens is 1. The van der Waals surface area contributed by atoms with Crippen molar-refractivity contribution in [1.29, 1.82) is 0 Å². The van der Waals surface area contributed by atoms with Crippen molar-refractivity contribution in [3.63, 3.8) is 0 Å². The summed E-state index contributed by atoms with van der Waals surface area (Å²) in [6.45, 7) is 2.52. The first-order chi connectivity index (χ1) is 10.1. The van der Waals surface area contributed by atoms with Gasteiger partial charge in [-0.2, -0.15) is 0 Å². The molecule has 21 heavy (non-hydrogen) atoms. The molecule has 1 aromatic heterocycles. The minimum Gasteiger partial charge on any atom is -0.409 e. The molecule has 1 heterocycles. The van der Waals surface area contributed by atoms with E-state index in [4.69, 9.17) is 10.9 Å². The third-order valence-electron chi connectivity index (χ3n) is 3.16. The van der Waals surface area contributed by atoms with E-state index in [0.29, 0.717) is 12.2 Å². The molecule has 0 amide bonds. The molecular weight excluding hydrogens is 271 g/mol. The van der Waals surface area contributed by atoms with E-state index in [1.165, 1.54) is 12.1 Å². The highest BCUT2D eigenvalue weighted by Crippen LogP contribution is 2.14. The molecule has 0 saturated carbocycles. The zero-order valence-electron chi connectivity index (χ0n) is 11.6. The van der Waals surface area contributed by atoms with E-state index < -0.39 is 0 Å². The van der Waals surface area contributed by atoms with Gasteiger partial charge in [-0.3, -0.25) is 4.98 Å². The molecule has 0 fully saturated rings. The van der Waals surface area contributed by atoms with Crippen molar-refractivity contribution in [2.75, 3.05) is 0 Å². The quantitative estimate of drug-likeness (QED) is 0.341. The summed E-state index contributed by atoms with van der Waals surface area (Å²) in [5.41, 5.74) is 7.73. The van der Waals surface area contributed by atoms with E-state index in [9.17, 15) is 4.39 Å². The Bertz CT molecular complexity index is 645. The van der Waals surface area contributed by atoms with Gasteiger partial charge in [0, 0.05) is 18.8 Å². The fourth-order valence-corrected chi connectivity index (χ4v) is 1.94. The van der Waals surface area contributed by atoms with Crippen molar-refractivity contribution in [3.05, 3.63) is 65.2 Å². The Kier molecular flexibility index (Phi) is 4.84. The van der Waals surface area contributed by atoms with Crippen LogP contribution in [0.2, 0.25) is 0 Å². The molecule has 1 aromatic carbocycles. The highest BCUT2D eigenvalue weighted by Gasteiger charge is 2.07. The van der Waals surface area contributed by atoms with Crippen LogP contribution in [-0.4, -0.2) is 16.0 Å². The second kappa shape index (κ2) is 6.81. The molecule has 0 spiro atoms. The number of oxime groups is 1. The highest BCUT2D eigenvalue weighted by molar-refractivity contribution is 5.95. The third-order valence-corrected chi connectivity index (χ3v) is 3.16. The Labute approximate surface area is 122 Å². The topological polar surface area (TPSA) is 83.5 Å². The van der Waals surface area contributed by atoms with E-state index >= 15 is 0 Å². The van der Waals surface area contributed by atoms with E-state index in [2.05, 4.69) is 15.5 Å². The minimum absolute atomic E-state index is 0.00108. The second-order valence-corrected chi connectivity index (χ2v) is 4.69. The van der Waals surface area contributed by atoms with Crippen LogP contribution < -0.4 is 11.1 Å². The number of aromatic nitrogens is 1. The van der Waals surface area contributed by atoms with E-state index in [0.717, 1.165) is 11.1 Å². The molecule has 2 rings (SSSR count). The summed E-state index contributed by atoms with van der Waals surface area (Å²) in [6.07, 6.45) is 1.59. The van der Waals surface area contributed by atoms with Gasteiger partial charge in [-0.15, -0.1) is 0 Å². The standard InChI is InChI=1S/C15H17FN4O/c1-10(12-3-2-4-13(16)8-12)19-9-11-5-6-18-14(7-11)15(17)20-21/h2-8,10,19,21H,9H2,1H3,(H2,17,20)/t10-/m1/s1. The van der Waals surface area contributed by atoms with E-state index in [-0.39, 0.29) is 17.7 Å². The number of rotatable bonds is 5. The first kappa shape index (κ1) is 14.9. The fourth-order valence-electron chi connectivity index (χ4n) is 1.94. The molecule has 0 aliphatic heterocycles. The van der Waals surface area contributed by atoms with Gasteiger partial charge >= 0.3 is 0 Å². The van der Waals surface area contributed by atoms with Crippen LogP contribution in [0.1, 0.15) is 29.8 Å². The molecule has 0 aliphatic rings. The molecule has 2 aromatic rings. The van der Waals surface area contributed by atoms with Crippen LogP contribution in [0.4, 0.5) is 4.39 Å². The summed E-state index contributed by atoms with van der Waals surface area (Å²) in [5.74, 6) is -0.283. The minimum atomic E-state index is -0.251. The third kappa shape index (κ3) is 4.00. The molecule has 0 bridgehead atoms. The zero-order chi connectivity index (χ0) is 15.2. The first-order valence-corrected chi connectivity index (χ1v) is 6.52. The molecule has 110 valence electrons. The predicted molar refractivity (Wildman–Crippen MR) is 78.4 cm³/mol. The number of hydrogen-bond donors (Lipinski definition) is 3. The van der Waals surface area contributed by atoms with Crippen LogP contribution in [0.3, 0.4) is 0 Å². The van der Waals surface area contributed by atoms with Gasteiger partial charge in [-0.25, -0.2) is 4.39 Å². The molecule has 0 saturated heterocycles. The number of benzene rings is 1. The van der Waals surface area contributed by atoms with Crippen LogP contribution >= 0.6 is 0 Å². The lowest BCUT2D eigenvalue weighted by Crippen LogP contribution is -2.19. The molecule has 0 aliphatic carbocycles. The molecule has 4 N–H and O–H groups in total. The summed E-state index contributed by atoms with van der Waals surface area (Å²) in [5, 5.41) is 14.9. The average molecular weight is 288 g/mol. The number of pyridine rings is 1. The van der Waals surface area contributed by atoms with Crippen molar-refractivity contribution >= 4 is 5.84 Å². The van der Waals surface area contributed by atoms with Gasteiger partial charge in [-0.05, 0) is 42.3 Å². The summed E-state index contributed by atoms with van der Waals surface area (Å²) >= 11 is 0. The number of amidine groups is 1. The van der Waals surface area contributed by atoms with E-state index in [1.807, 2.05) is 19.1 Å². The van der Waals surface area contributed by atoms with E-state index in [1.54, 1.807) is 18.3 Å². The fraction of sp³-hybridized carbons (Fsp3) is 0.200. The maximum absolute atomic E-state index is 13.2. The van der Waals surface area contributed by atoms with Crippen molar-refractivity contribution < 1.29 is 9.60 Å². The molecule has 1 atom stereocenters. The van der Waals surface area contributed by atoms with Gasteiger partial charge in [0.15, 0.2) is 5.84 Å². The number of hydrogen-bond acceptors (Lipinski definition) is 4. The molecular formula is C15H17FN4O. The van der Waals surface area contributed by atoms with Crippen molar-refractivity contribution in [2.24, 2.45) is 10.9 Å². The lowest BCUT2D eigenvalue weighted by atomic mass is 10.1. The maximum atomic E-state index is 13.2. The predicted octanol–water partition coefficient (Wildman–Crippen LogP) is 2.17. The summed E-state index contributed by atoms with van der Waals surface area (Å²) in [6, 6.07) is 10.1. The van der Waals surface area contributed by atoms with Crippen LogP contribution in [-0.2, 0) is 6.54 Å². The van der Waals surface area contributed by atoms with Gasteiger partial charge in [0.05, 0.1) is 0 Å². The Morgan fingerprint density at radius 3 is 2.95 bits per heavy atom. The van der Waals surface area contributed by atoms with Gasteiger partial charge in [-0.1, -0.05) is 17.3 Å². The van der Waals surface area contributed by atoms with Crippen molar-refractivity contribution in [2.45, 2.75) is 19.5 Å². The maximum Gasteiger partial charge on any atom is 0.188 e. The monoisotopic (exact) mass is 288 g/mol. The summed E-state index contributed by atoms with van der Waals surface area (Å²) < 4.78 is 13.2. The molecule has 0 radical (unpaired) electrons. The zero-order valence-corrected chi connectivity index (χ0v) is 11.6. The SMILES string of the molecule is C[C@@H](NCc1ccnc(/C(N)=N/O)c1)c1cccc(F)c1. The van der Waals surface area contributed by atoms with Gasteiger partial charge in [0.2, 0.25) is 0 Å². The van der Waals surface area contributed by atoms with Gasteiger partial charge in [0.1, 0.15) is 11.5 Å². The Morgan fingerprint density at radius 2 is 2.24 bits per heavy atom. The Balaban J connectivity index is 2.03. The van der Waals surface area contributed by atoms with Gasteiger partial charge in [0.25, 0.3) is 0 Å². The van der Waals surface area contributed by atoms with Crippen molar-refractivity contribution in [1.82, 2.24) is 10.3 Å². The number of nitrogens with zero attached hydrogens (tertiary/aromatic N) is 2. The normalized spacial score (nSPS) is 13.1. The number of nitrogens with two attached hydrogens (primary N) is 1. The molecule has 0 unspecified atom stereocenters. The lowest BCUT2D eigenvalue weighted by molar-refractivity contribution is 0.318. The average Bonchev–Trinajstić information content (AvgIpc) is 2.52. The Morgan fingerprint density at radius 1 is 1.43 bits per heavy atom. The molecule has 6 heteroatoms. The number of nitrogens with one attached hydrogen (secondary N) is 1. The van der Waals surface area contributed by atoms with Crippen LogP contribution in [0.5, 0.6) is 0 Å². The van der Waals surface area contributed by atoms with Gasteiger partial charge < -0.3 is 16.3 Å².